The second kappa shape index (κ2) is 6.01. The van der Waals surface area contributed by atoms with Crippen LogP contribution in [0.5, 0.6) is 0 Å². The van der Waals surface area contributed by atoms with Crippen molar-refractivity contribution in [3.8, 4) is 0 Å². The molecule has 2 N–H and O–H groups in total. The van der Waals surface area contributed by atoms with E-state index in [1.165, 1.54) is 0 Å². The van der Waals surface area contributed by atoms with Gasteiger partial charge >= 0.3 is 6.03 Å². The average Bonchev–Trinajstić information content (AvgIpc) is 3.10. The second-order valence-electron chi connectivity index (χ2n) is 4.75. The normalized spacial score (nSPS) is 10.7. The number of fused-ring (bicyclic) bond motifs is 1. The molecule has 0 spiro atoms. The first kappa shape index (κ1) is 13.7. The van der Waals surface area contributed by atoms with Crippen LogP contribution in [0.2, 0.25) is 0 Å². The van der Waals surface area contributed by atoms with Crippen molar-refractivity contribution in [2.45, 2.75) is 20.0 Å². The number of carbonyl (C=O) groups is 1. The molecule has 0 radical (unpaired) electrons. The van der Waals surface area contributed by atoms with Crippen molar-refractivity contribution in [2.24, 2.45) is 0 Å². The third-order valence-corrected chi connectivity index (χ3v) is 4.21. The van der Waals surface area contributed by atoms with Crippen LogP contribution < -0.4 is 10.6 Å². The quantitative estimate of drug-likeness (QED) is 0.770. The molecule has 2 heterocycles. The van der Waals surface area contributed by atoms with Crippen LogP contribution in [0.15, 0.2) is 46.2 Å². The van der Waals surface area contributed by atoms with Crippen LogP contribution in [-0.2, 0) is 13.1 Å². The van der Waals surface area contributed by atoms with Gasteiger partial charge in [0.2, 0.25) is 0 Å². The first-order chi connectivity index (χ1) is 10.2. The number of furan rings is 1. The molecule has 0 atom stereocenters. The van der Waals surface area contributed by atoms with Gasteiger partial charge in [-0.2, -0.15) is 0 Å². The van der Waals surface area contributed by atoms with Crippen LogP contribution in [0.3, 0.4) is 0 Å². The van der Waals surface area contributed by atoms with Gasteiger partial charge in [-0.1, -0.05) is 24.3 Å². The summed E-state index contributed by atoms with van der Waals surface area (Å²) in [7, 11) is 0. The number of aryl methyl sites for hydroxylation is 1. The fourth-order valence-corrected chi connectivity index (χ4v) is 2.90. The largest absolute Gasteiger partial charge is 0.461 e. The fourth-order valence-electron chi connectivity index (χ4n) is 2.25. The Kier molecular flexibility index (Phi) is 3.92. The van der Waals surface area contributed by atoms with Gasteiger partial charge in [-0.15, -0.1) is 11.3 Å². The maximum absolute atomic E-state index is 11.8. The molecule has 0 fully saturated rings. The van der Waals surface area contributed by atoms with Gasteiger partial charge in [-0.3, -0.25) is 0 Å². The van der Waals surface area contributed by atoms with Crippen molar-refractivity contribution < 1.29 is 9.21 Å². The third kappa shape index (κ3) is 3.08. The van der Waals surface area contributed by atoms with Gasteiger partial charge in [0, 0.05) is 22.4 Å². The zero-order valence-electron chi connectivity index (χ0n) is 11.7. The third-order valence-electron chi connectivity index (χ3n) is 3.33. The maximum atomic E-state index is 11.8. The SMILES string of the molecule is Cc1oc2ccccc2c1CNC(=O)NCc1cccs1. The summed E-state index contributed by atoms with van der Waals surface area (Å²) in [5.41, 5.74) is 1.88. The van der Waals surface area contributed by atoms with Gasteiger partial charge in [0.1, 0.15) is 11.3 Å². The number of amides is 2. The average molecular weight is 300 g/mol. The monoisotopic (exact) mass is 300 g/mol. The Bertz CT molecular complexity index is 747. The molecule has 0 bridgehead atoms. The van der Waals surface area contributed by atoms with E-state index in [0.717, 1.165) is 27.2 Å². The smallest absolute Gasteiger partial charge is 0.315 e. The second-order valence-corrected chi connectivity index (χ2v) is 5.78. The fraction of sp³-hybridized carbons (Fsp3) is 0.188. The van der Waals surface area contributed by atoms with Gasteiger partial charge in [0.05, 0.1) is 6.54 Å². The topological polar surface area (TPSA) is 54.3 Å². The minimum atomic E-state index is -0.173. The molecular formula is C16H16N2O2S. The van der Waals surface area contributed by atoms with Crippen LogP contribution in [0.25, 0.3) is 11.0 Å². The van der Waals surface area contributed by atoms with E-state index in [2.05, 4.69) is 10.6 Å². The van der Waals surface area contributed by atoms with E-state index in [9.17, 15) is 4.79 Å². The van der Waals surface area contributed by atoms with Crippen LogP contribution in [0.1, 0.15) is 16.2 Å². The van der Waals surface area contributed by atoms with Gasteiger partial charge in [-0.25, -0.2) is 4.79 Å². The number of benzene rings is 1. The lowest BCUT2D eigenvalue weighted by atomic mass is 10.1. The van der Waals surface area contributed by atoms with E-state index in [1.54, 1.807) is 11.3 Å². The standard InChI is InChI=1S/C16H16N2O2S/c1-11-14(13-6-2-3-7-15(13)20-11)10-18-16(19)17-9-12-5-4-8-21-12/h2-8H,9-10H2,1H3,(H2,17,18,19). The highest BCUT2D eigenvalue weighted by molar-refractivity contribution is 7.09. The molecule has 3 aromatic rings. The van der Waals surface area contributed by atoms with E-state index in [4.69, 9.17) is 4.42 Å². The summed E-state index contributed by atoms with van der Waals surface area (Å²) in [6.45, 7) is 2.92. The molecule has 0 aliphatic rings. The molecule has 0 unspecified atom stereocenters. The summed E-state index contributed by atoms with van der Waals surface area (Å²) in [6, 6.07) is 11.6. The highest BCUT2D eigenvalue weighted by Gasteiger charge is 2.11. The van der Waals surface area contributed by atoms with E-state index >= 15 is 0 Å². The van der Waals surface area contributed by atoms with Crippen LogP contribution in [-0.4, -0.2) is 6.03 Å². The number of urea groups is 1. The Labute approximate surface area is 126 Å². The lowest BCUT2D eigenvalue weighted by molar-refractivity contribution is 0.240. The molecular weight excluding hydrogens is 284 g/mol. The predicted molar refractivity (Wildman–Crippen MR) is 84.3 cm³/mol. The minimum absolute atomic E-state index is 0.173. The Morgan fingerprint density at radius 3 is 2.76 bits per heavy atom. The first-order valence-electron chi connectivity index (χ1n) is 6.75. The Morgan fingerprint density at radius 1 is 1.14 bits per heavy atom. The lowest BCUT2D eigenvalue weighted by Gasteiger charge is -2.06. The van der Waals surface area contributed by atoms with E-state index in [1.807, 2.05) is 48.7 Å². The van der Waals surface area contributed by atoms with Gasteiger partial charge in [0.15, 0.2) is 0 Å². The molecule has 21 heavy (non-hydrogen) atoms. The summed E-state index contributed by atoms with van der Waals surface area (Å²) in [4.78, 5) is 13.0. The summed E-state index contributed by atoms with van der Waals surface area (Å²) in [6.07, 6.45) is 0. The summed E-state index contributed by atoms with van der Waals surface area (Å²) in [5.74, 6) is 0.842. The lowest BCUT2D eigenvalue weighted by Crippen LogP contribution is -2.34. The maximum Gasteiger partial charge on any atom is 0.315 e. The number of nitrogens with one attached hydrogen (secondary N) is 2. The van der Waals surface area contributed by atoms with E-state index in [0.29, 0.717) is 13.1 Å². The number of hydrogen-bond acceptors (Lipinski definition) is 3. The van der Waals surface area contributed by atoms with Crippen molar-refractivity contribution in [1.29, 1.82) is 0 Å². The molecule has 4 nitrogen and oxygen atoms in total. The van der Waals surface area contributed by atoms with Gasteiger partial charge in [0.25, 0.3) is 0 Å². The van der Waals surface area contributed by atoms with Crippen molar-refractivity contribution in [2.75, 3.05) is 0 Å². The molecule has 2 amide bonds. The summed E-state index contributed by atoms with van der Waals surface area (Å²) in [5, 5.41) is 8.77. The number of hydrogen-bond donors (Lipinski definition) is 2. The van der Waals surface area contributed by atoms with Gasteiger partial charge < -0.3 is 15.1 Å². The van der Waals surface area contributed by atoms with Crippen molar-refractivity contribution in [1.82, 2.24) is 10.6 Å². The molecule has 3 rings (SSSR count). The first-order valence-corrected chi connectivity index (χ1v) is 7.63. The molecule has 0 saturated heterocycles. The van der Waals surface area contributed by atoms with Crippen LogP contribution in [0.4, 0.5) is 4.79 Å². The molecule has 0 saturated carbocycles. The van der Waals surface area contributed by atoms with Crippen molar-refractivity contribution in [3.63, 3.8) is 0 Å². The highest BCUT2D eigenvalue weighted by atomic mass is 32.1. The Balaban J connectivity index is 1.61. The van der Waals surface area contributed by atoms with E-state index < -0.39 is 0 Å². The van der Waals surface area contributed by atoms with Crippen molar-refractivity contribution in [3.05, 3.63) is 58.0 Å². The zero-order chi connectivity index (χ0) is 14.7. The summed E-state index contributed by atoms with van der Waals surface area (Å²) < 4.78 is 5.68. The number of thiophene rings is 1. The number of rotatable bonds is 4. The summed E-state index contributed by atoms with van der Waals surface area (Å²) >= 11 is 1.63. The predicted octanol–water partition coefficient (Wildman–Crippen LogP) is 3.80. The molecule has 2 aromatic heterocycles. The molecule has 1 aromatic carbocycles. The number of para-hydroxylation sites is 1. The molecule has 0 aliphatic heterocycles. The molecule has 0 aliphatic carbocycles. The van der Waals surface area contributed by atoms with Crippen molar-refractivity contribution >= 4 is 28.3 Å². The van der Waals surface area contributed by atoms with Crippen LogP contribution in [0, 0.1) is 6.92 Å². The number of carbonyl (C=O) groups excluding carboxylic acids is 1. The molecule has 5 heteroatoms. The highest BCUT2D eigenvalue weighted by Crippen LogP contribution is 2.24. The van der Waals surface area contributed by atoms with Gasteiger partial charge in [-0.05, 0) is 24.4 Å². The molecule has 108 valence electrons. The van der Waals surface area contributed by atoms with E-state index in [-0.39, 0.29) is 6.03 Å². The van der Waals surface area contributed by atoms with Crippen LogP contribution >= 0.6 is 11.3 Å². The minimum Gasteiger partial charge on any atom is -0.461 e. The Morgan fingerprint density at radius 2 is 1.95 bits per heavy atom. The zero-order valence-corrected chi connectivity index (χ0v) is 12.5. The Hall–Kier alpha value is -2.27.